The van der Waals surface area contributed by atoms with E-state index in [1.807, 2.05) is 34.6 Å². The molecule has 8 bridgehead atoms. The largest absolute Gasteiger partial charge is 0.461 e. The Morgan fingerprint density at radius 3 is 1.66 bits per heavy atom. The lowest BCUT2D eigenvalue weighted by atomic mass is 9.50. The van der Waals surface area contributed by atoms with Gasteiger partial charge < -0.3 is 14.6 Å². The molecule has 216 valence electrons. The van der Waals surface area contributed by atoms with Crippen LogP contribution in [0.2, 0.25) is 0 Å². The summed E-state index contributed by atoms with van der Waals surface area (Å²) in [4.78, 5) is 24.8. The smallest absolute Gasteiger partial charge is 0.312 e. The van der Waals surface area contributed by atoms with Gasteiger partial charge in [-0.15, -0.1) is 0 Å². The van der Waals surface area contributed by atoms with Crippen LogP contribution >= 0.6 is 0 Å². The third-order valence-electron chi connectivity index (χ3n) is 12.3. The Balaban J connectivity index is 0.000000155. The van der Waals surface area contributed by atoms with Crippen LogP contribution in [0.3, 0.4) is 0 Å². The van der Waals surface area contributed by atoms with Crippen molar-refractivity contribution in [1.82, 2.24) is 0 Å². The van der Waals surface area contributed by atoms with E-state index in [-0.39, 0.29) is 34.5 Å². The maximum Gasteiger partial charge on any atom is 0.312 e. The standard InChI is InChI=1S/C17H28O2.C16H26O3/c1-5-16(2,3)15(18)19-17(4)13-7-11-6-12(9-13)10-14(17)8-11;1-4-15(2,3)14(17)19-13-11-5-10-6-12(13)9-16(18,7-10)8-11/h11-14H,5-10H2,1-4H3;10-13,18H,4-9H2,1-3H3. The summed E-state index contributed by atoms with van der Waals surface area (Å²) in [5.74, 6) is 4.52. The molecule has 2 unspecified atom stereocenters. The van der Waals surface area contributed by atoms with Gasteiger partial charge in [-0.05, 0) is 153 Å². The van der Waals surface area contributed by atoms with Gasteiger partial charge in [0.15, 0.2) is 0 Å². The van der Waals surface area contributed by atoms with E-state index in [1.54, 1.807) is 0 Å². The molecule has 0 heterocycles. The summed E-state index contributed by atoms with van der Waals surface area (Å²) in [5, 5.41) is 10.5. The summed E-state index contributed by atoms with van der Waals surface area (Å²) in [7, 11) is 0. The maximum atomic E-state index is 12.5. The second-order valence-corrected chi connectivity index (χ2v) is 15.9. The molecule has 1 N–H and O–H groups in total. The molecule has 8 rings (SSSR count). The molecular weight excluding hydrogens is 476 g/mol. The molecule has 8 aliphatic rings. The topological polar surface area (TPSA) is 72.8 Å². The van der Waals surface area contributed by atoms with Crippen molar-refractivity contribution in [1.29, 1.82) is 0 Å². The lowest BCUT2D eigenvalue weighted by Gasteiger charge is -2.59. The van der Waals surface area contributed by atoms with Crippen LogP contribution in [-0.2, 0) is 19.1 Å². The Morgan fingerprint density at radius 1 is 0.737 bits per heavy atom. The zero-order valence-electron chi connectivity index (χ0n) is 25.2. The van der Waals surface area contributed by atoms with E-state index in [0.717, 1.165) is 56.8 Å². The Morgan fingerprint density at radius 2 is 1.21 bits per heavy atom. The summed E-state index contributed by atoms with van der Waals surface area (Å²) >= 11 is 0. The van der Waals surface area contributed by atoms with Crippen molar-refractivity contribution in [2.24, 2.45) is 52.3 Å². The van der Waals surface area contributed by atoms with Crippen LogP contribution in [-0.4, -0.2) is 34.4 Å². The molecule has 8 saturated carbocycles. The Hall–Kier alpha value is -1.10. The number of esters is 2. The number of ether oxygens (including phenoxy) is 2. The summed E-state index contributed by atoms with van der Waals surface area (Å²) in [5.41, 5.74) is -1.33. The molecule has 0 aromatic carbocycles. The van der Waals surface area contributed by atoms with Gasteiger partial charge in [0.05, 0.1) is 16.4 Å². The van der Waals surface area contributed by atoms with Gasteiger partial charge in [0, 0.05) is 0 Å². The predicted molar refractivity (Wildman–Crippen MR) is 148 cm³/mol. The minimum absolute atomic E-state index is 0.0185. The van der Waals surface area contributed by atoms with Crippen LogP contribution in [0.25, 0.3) is 0 Å². The van der Waals surface area contributed by atoms with Gasteiger partial charge in [-0.3, -0.25) is 9.59 Å². The highest BCUT2D eigenvalue weighted by Crippen LogP contribution is 2.60. The van der Waals surface area contributed by atoms with E-state index in [9.17, 15) is 14.7 Å². The fraction of sp³-hybridized carbons (Fsp3) is 0.939. The lowest BCUT2D eigenvalue weighted by Crippen LogP contribution is -2.58. The van der Waals surface area contributed by atoms with Crippen LogP contribution in [0, 0.1) is 52.3 Å². The molecular formula is C33H54O5. The van der Waals surface area contributed by atoms with Crippen LogP contribution in [0.4, 0.5) is 0 Å². The average molecular weight is 531 g/mol. The van der Waals surface area contributed by atoms with Gasteiger partial charge in [-0.2, -0.15) is 0 Å². The molecule has 0 spiro atoms. The first-order valence-electron chi connectivity index (χ1n) is 15.8. The van der Waals surface area contributed by atoms with Crippen molar-refractivity contribution in [3.8, 4) is 0 Å². The number of carbonyl (C=O) groups is 2. The molecule has 0 aromatic rings. The molecule has 8 fully saturated rings. The van der Waals surface area contributed by atoms with E-state index in [1.165, 1.54) is 32.1 Å². The first-order chi connectivity index (χ1) is 17.7. The maximum absolute atomic E-state index is 12.5. The number of hydrogen-bond donors (Lipinski definition) is 1. The summed E-state index contributed by atoms with van der Waals surface area (Å²) in [6, 6.07) is 0. The van der Waals surface area contributed by atoms with Gasteiger partial charge in [0.2, 0.25) is 0 Å². The van der Waals surface area contributed by atoms with Gasteiger partial charge >= 0.3 is 11.9 Å². The van der Waals surface area contributed by atoms with E-state index in [4.69, 9.17) is 9.47 Å². The molecule has 5 heteroatoms. The molecule has 0 saturated heterocycles. The number of rotatable bonds is 6. The molecule has 8 aliphatic carbocycles. The van der Waals surface area contributed by atoms with Gasteiger partial charge in [-0.25, -0.2) is 0 Å². The fourth-order valence-corrected chi connectivity index (χ4v) is 9.32. The van der Waals surface area contributed by atoms with Crippen LogP contribution in [0.15, 0.2) is 0 Å². The molecule has 0 aromatic heterocycles. The summed E-state index contributed by atoms with van der Waals surface area (Å²) in [6.45, 7) is 14.3. The minimum Gasteiger partial charge on any atom is -0.461 e. The van der Waals surface area contributed by atoms with E-state index in [2.05, 4.69) is 13.8 Å². The minimum atomic E-state index is -0.445. The van der Waals surface area contributed by atoms with Crippen molar-refractivity contribution in [2.75, 3.05) is 0 Å². The first kappa shape index (κ1) is 28.4. The highest BCUT2D eigenvalue weighted by molar-refractivity contribution is 5.76. The predicted octanol–water partition coefficient (Wildman–Crippen LogP) is 7.09. The van der Waals surface area contributed by atoms with Gasteiger partial charge in [-0.1, -0.05) is 13.8 Å². The molecule has 0 aliphatic heterocycles. The molecule has 0 amide bonds. The first-order valence-corrected chi connectivity index (χ1v) is 15.8. The third kappa shape index (κ3) is 5.07. The Bertz CT molecular complexity index is 874. The second-order valence-electron chi connectivity index (χ2n) is 15.9. The quantitative estimate of drug-likeness (QED) is 0.371. The van der Waals surface area contributed by atoms with Gasteiger partial charge in [0.1, 0.15) is 11.7 Å². The summed E-state index contributed by atoms with van der Waals surface area (Å²) in [6.07, 6.45) is 13.3. The van der Waals surface area contributed by atoms with Gasteiger partial charge in [0.25, 0.3) is 0 Å². The highest BCUT2D eigenvalue weighted by Gasteiger charge is 2.58. The number of aliphatic hydroxyl groups is 1. The van der Waals surface area contributed by atoms with E-state index >= 15 is 0 Å². The fourth-order valence-electron chi connectivity index (χ4n) is 9.32. The van der Waals surface area contributed by atoms with E-state index in [0.29, 0.717) is 29.6 Å². The normalized spacial score (nSPS) is 44.4. The van der Waals surface area contributed by atoms with Crippen LogP contribution in [0.1, 0.15) is 126 Å². The molecule has 0 radical (unpaired) electrons. The lowest BCUT2D eigenvalue weighted by molar-refractivity contribution is -0.211. The SMILES string of the molecule is CCC(C)(C)C(=O)OC1(C)C2CC3CC(C2)CC1C3.CCC(C)(C)C(=O)OC1C2CC3CC1CC(O)(C3)C2. The monoisotopic (exact) mass is 530 g/mol. The number of carbonyl (C=O) groups excluding carboxylic acids is 2. The molecule has 2 atom stereocenters. The van der Waals surface area contributed by atoms with Crippen molar-refractivity contribution in [3.05, 3.63) is 0 Å². The second kappa shape index (κ2) is 9.77. The molecule has 38 heavy (non-hydrogen) atoms. The Kier molecular flexibility index (Phi) is 7.31. The third-order valence-corrected chi connectivity index (χ3v) is 12.3. The van der Waals surface area contributed by atoms with Crippen molar-refractivity contribution >= 4 is 11.9 Å². The van der Waals surface area contributed by atoms with Crippen molar-refractivity contribution in [3.63, 3.8) is 0 Å². The highest BCUT2D eigenvalue weighted by atomic mass is 16.6. The number of hydrogen-bond acceptors (Lipinski definition) is 5. The zero-order valence-corrected chi connectivity index (χ0v) is 25.2. The Labute approximate surface area is 231 Å². The zero-order chi connectivity index (χ0) is 27.7. The van der Waals surface area contributed by atoms with Crippen molar-refractivity contribution in [2.45, 2.75) is 143 Å². The average Bonchev–Trinajstić information content (AvgIpc) is 2.83. The molecule has 5 nitrogen and oxygen atoms in total. The summed E-state index contributed by atoms with van der Waals surface area (Å²) < 4.78 is 12.0. The van der Waals surface area contributed by atoms with Crippen LogP contribution < -0.4 is 0 Å². The van der Waals surface area contributed by atoms with Crippen LogP contribution in [0.5, 0.6) is 0 Å². The van der Waals surface area contributed by atoms with Crippen molar-refractivity contribution < 1.29 is 24.2 Å². The van der Waals surface area contributed by atoms with E-state index < -0.39 is 5.60 Å².